The van der Waals surface area contributed by atoms with Crippen LogP contribution in [0.3, 0.4) is 0 Å². The average molecular weight is 402 g/mol. The zero-order valence-electron chi connectivity index (χ0n) is 14.9. The maximum atomic E-state index is 13.9. The van der Waals surface area contributed by atoms with Crippen LogP contribution in [0.15, 0.2) is 72.1 Å². The van der Waals surface area contributed by atoms with E-state index in [-0.39, 0.29) is 11.3 Å². The van der Waals surface area contributed by atoms with Crippen LogP contribution >= 0.6 is 0 Å². The highest BCUT2D eigenvalue weighted by atomic mass is 32.2. The molecule has 28 heavy (non-hydrogen) atoms. The standard InChI is InChI=1S/C19H19FN4O3S/c20-16-7-2-4-9-18(16)28(26,27)23-17-8-3-1-6-15(17)19(25)22-10-5-12-24-13-11-21-14-24/h1-4,6-9,11,13-14,23H,5,10,12H2,(H,22,25). The normalized spacial score (nSPS) is 11.2. The molecule has 0 aliphatic heterocycles. The number of nitrogens with one attached hydrogen (secondary N) is 2. The first kappa shape index (κ1) is 19.6. The van der Waals surface area contributed by atoms with Gasteiger partial charge in [0.25, 0.3) is 15.9 Å². The highest BCUT2D eigenvalue weighted by Crippen LogP contribution is 2.21. The summed E-state index contributed by atoms with van der Waals surface area (Å²) in [4.78, 5) is 15.9. The summed E-state index contributed by atoms with van der Waals surface area (Å²) in [6.07, 6.45) is 5.88. The van der Waals surface area contributed by atoms with Gasteiger partial charge in [-0.1, -0.05) is 24.3 Å². The second-order valence-electron chi connectivity index (χ2n) is 5.99. The molecule has 0 unspecified atom stereocenters. The Balaban J connectivity index is 1.68. The topological polar surface area (TPSA) is 93.1 Å². The molecule has 0 fully saturated rings. The lowest BCUT2D eigenvalue weighted by molar-refractivity contribution is 0.0953. The molecule has 2 aromatic carbocycles. The van der Waals surface area contributed by atoms with Crippen LogP contribution in [-0.2, 0) is 16.6 Å². The number of carbonyl (C=O) groups is 1. The number of halogens is 1. The van der Waals surface area contributed by atoms with Gasteiger partial charge in [-0.3, -0.25) is 9.52 Å². The number of amides is 1. The zero-order chi connectivity index (χ0) is 20.0. The van der Waals surface area contributed by atoms with Gasteiger partial charge in [0.2, 0.25) is 0 Å². The molecule has 2 N–H and O–H groups in total. The van der Waals surface area contributed by atoms with Crippen molar-refractivity contribution in [1.82, 2.24) is 14.9 Å². The molecule has 3 aromatic rings. The largest absolute Gasteiger partial charge is 0.352 e. The van der Waals surface area contributed by atoms with Crippen molar-refractivity contribution < 1.29 is 17.6 Å². The zero-order valence-corrected chi connectivity index (χ0v) is 15.7. The lowest BCUT2D eigenvalue weighted by Crippen LogP contribution is -2.27. The Morgan fingerprint density at radius 2 is 1.86 bits per heavy atom. The summed E-state index contributed by atoms with van der Waals surface area (Å²) < 4.78 is 43.0. The number of anilines is 1. The first-order chi connectivity index (χ1) is 13.5. The number of hydrogen-bond donors (Lipinski definition) is 2. The molecule has 9 heteroatoms. The van der Waals surface area contributed by atoms with Crippen LogP contribution in [0.25, 0.3) is 0 Å². The molecular weight excluding hydrogens is 383 g/mol. The summed E-state index contributed by atoms with van der Waals surface area (Å²) in [5.74, 6) is -1.28. The molecule has 0 radical (unpaired) electrons. The molecule has 7 nitrogen and oxygen atoms in total. The van der Waals surface area contributed by atoms with Gasteiger partial charge >= 0.3 is 0 Å². The lowest BCUT2D eigenvalue weighted by atomic mass is 10.1. The van der Waals surface area contributed by atoms with Crippen LogP contribution in [0.1, 0.15) is 16.8 Å². The lowest BCUT2D eigenvalue weighted by Gasteiger charge is -2.13. The molecular formula is C19H19FN4O3S. The molecule has 0 aliphatic rings. The van der Waals surface area contributed by atoms with Crippen molar-refractivity contribution >= 4 is 21.6 Å². The molecule has 0 spiro atoms. The number of rotatable bonds is 8. The number of aromatic nitrogens is 2. The van der Waals surface area contributed by atoms with Gasteiger partial charge in [0.15, 0.2) is 0 Å². The third kappa shape index (κ3) is 4.74. The second kappa shape index (κ2) is 8.66. The number of hydrogen-bond acceptors (Lipinski definition) is 4. The minimum Gasteiger partial charge on any atom is -0.352 e. The van der Waals surface area contributed by atoms with Gasteiger partial charge in [-0.2, -0.15) is 0 Å². The molecule has 0 atom stereocenters. The quantitative estimate of drug-likeness (QED) is 0.567. The van der Waals surface area contributed by atoms with Crippen LogP contribution in [0.4, 0.5) is 10.1 Å². The van der Waals surface area contributed by atoms with Gasteiger partial charge in [-0.25, -0.2) is 17.8 Å². The number of benzene rings is 2. The first-order valence-corrected chi connectivity index (χ1v) is 10.1. The van der Waals surface area contributed by atoms with E-state index in [0.717, 1.165) is 12.1 Å². The van der Waals surface area contributed by atoms with Gasteiger partial charge < -0.3 is 9.88 Å². The van der Waals surface area contributed by atoms with E-state index in [1.807, 2.05) is 10.8 Å². The Hall–Kier alpha value is -3.20. The number of nitrogens with zero attached hydrogens (tertiary/aromatic N) is 2. The molecule has 0 bridgehead atoms. The van der Waals surface area contributed by atoms with Crippen LogP contribution < -0.4 is 10.0 Å². The third-order valence-corrected chi connectivity index (χ3v) is 5.38. The number of sulfonamides is 1. The Morgan fingerprint density at radius 1 is 1.11 bits per heavy atom. The smallest absolute Gasteiger partial charge is 0.264 e. The van der Waals surface area contributed by atoms with Crippen molar-refractivity contribution in [2.24, 2.45) is 0 Å². The summed E-state index contributed by atoms with van der Waals surface area (Å²) >= 11 is 0. The van der Waals surface area contributed by atoms with Crippen LogP contribution in [-0.4, -0.2) is 30.4 Å². The molecule has 3 rings (SSSR count). The van der Waals surface area contributed by atoms with E-state index >= 15 is 0 Å². The van der Waals surface area contributed by atoms with E-state index in [1.165, 1.54) is 24.3 Å². The molecule has 0 saturated heterocycles. The maximum absolute atomic E-state index is 13.9. The van der Waals surface area contributed by atoms with Crippen LogP contribution in [0.2, 0.25) is 0 Å². The monoisotopic (exact) mass is 402 g/mol. The molecule has 146 valence electrons. The molecule has 0 saturated carbocycles. The van der Waals surface area contributed by atoms with Crippen molar-refractivity contribution in [2.75, 3.05) is 11.3 Å². The van der Waals surface area contributed by atoms with E-state index in [2.05, 4.69) is 15.0 Å². The van der Waals surface area contributed by atoms with Crippen LogP contribution in [0.5, 0.6) is 0 Å². The Bertz CT molecular complexity index is 1050. The minimum atomic E-state index is -4.17. The molecule has 1 aromatic heterocycles. The SMILES string of the molecule is O=C(NCCCn1ccnc1)c1ccccc1NS(=O)(=O)c1ccccc1F. The first-order valence-electron chi connectivity index (χ1n) is 8.58. The third-order valence-electron chi connectivity index (χ3n) is 3.98. The number of carbonyl (C=O) groups excluding carboxylic acids is 1. The molecule has 1 heterocycles. The van der Waals surface area contributed by atoms with Gasteiger partial charge in [-0.05, 0) is 30.7 Å². The summed E-state index contributed by atoms with van der Waals surface area (Å²) in [6.45, 7) is 1.10. The fourth-order valence-corrected chi connectivity index (χ4v) is 3.77. The second-order valence-corrected chi connectivity index (χ2v) is 7.64. The fraction of sp³-hybridized carbons (Fsp3) is 0.158. The van der Waals surface area contributed by atoms with E-state index in [1.54, 1.807) is 24.7 Å². The van der Waals surface area contributed by atoms with Crippen molar-refractivity contribution in [3.63, 3.8) is 0 Å². The van der Waals surface area contributed by atoms with Crippen molar-refractivity contribution in [2.45, 2.75) is 17.9 Å². The summed E-state index contributed by atoms with van der Waals surface area (Å²) in [5, 5.41) is 2.76. The summed E-state index contributed by atoms with van der Waals surface area (Å²) in [7, 11) is -4.17. The Morgan fingerprint density at radius 3 is 2.61 bits per heavy atom. The van der Waals surface area contributed by atoms with Crippen molar-refractivity contribution in [3.8, 4) is 0 Å². The fourth-order valence-electron chi connectivity index (χ4n) is 2.61. The van der Waals surface area contributed by atoms with Gasteiger partial charge in [0, 0.05) is 25.5 Å². The minimum absolute atomic E-state index is 0.0814. The van der Waals surface area contributed by atoms with E-state index in [9.17, 15) is 17.6 Å². The van der Waals surface area contributed by atoms with Crippen LogP contribution in [0, 0.1) is 5.82 Å². The van der Waals surface area contributed by atoms with E-state index < -0.39 is 26.6 Å². The maximum Gasteiger partial charge on any atom is 0.264 e. The summed E-state index contributed by atoms with van der Waals surface area (Å²) in [6, 6.07) is 11.2. The van der Waals surface area contributed by atoms with E-state index in [0.29, 0.717) is 19.5 Å². The molecule has 0 aliphatic carbocycles. The highest BCUT2D eigenvalue weighted by Gasteiger charge is 2.21. The van der Waals surface area contributed by atoms with Gasteiger partial charge in [0.05, 0.1) is 17.6 Å². The summed E-state index contributed by atoms with van der Waals surface area (Å²) in [5.41, 5.74) is 0.239. The number of imidazole rings is 1. The van der Waals surface area contributed by atoms with Crippen molar-refractivity contribution in [1.29, 1.82) is 0 Å². The Kier molecular flexibility index (Phi) is 6.05. The van der Waals surface area contributed by atoms with Gasteiger partial charge in [-0.15, -0.1) is 0 Å². The predicted octanol–water partition coefficient (Wildman–Crippen LogP) is 2.64. The number of para-hydroxylation sites is 1. The average Bonchev–Trinajstić information content (AvgIpc) is 3.19. The van der Waals surface area contributed by atoms with E-state index in [4.69, 9.17) is 0 Å². The Labute approximate surface area is 162 Å². The predicted molar refractivity (Wildman–Crippen MR) is 103 cm³/mol. The molecule has 1 amide bonds. The number of aryl methyl sites for hydroxylation is 1. The van der Waals surface area contributed by atoms with Gasteiger partial charge in [0.1, 0.15) is 10.7 Å². The highest BCUT2D eigenvalue weighted by molar-refractivity contribution is 7.92. The van der Waals surface area contributed by atoms with Crippen molar-refractivity contribution in [3.05, 3.63) is 78.6 Å².